The average Bonchev–Trinajstić information content (AvgIpc) is 3.24. The fraction of sp³-hybridized carbons (Fsp3) is 0.435. The van der Waals surface area contributed by atoms with Gasteiger partial charge in [0, 0.05) is 35.3 Å². The summed E-state index contributed by atoms with van der Waals surface area (Å²) in [6, 6.07) is 7.99. The van der Waals surface area contributed by atoms with Gasteiger partial charge in [0.15, 0.2) is 5.78 Å². The fourth-order valence-corrected chi connectivity index (χ4v) is 3.92. The lowest BCUT2D eigenvalue weighted by molar-refractivity contribution is 0.0962. The molecule has 5 nitrogen and oxygen atoms in total. The van der Waals surface area contributed by atoms with Crippen molar-refractivity contribution in [2.24, 2.45) is 0 Å². The summed E-state index contributed by atoms with van der Waals surface area (Å²) in [7, 11) is 0. The van der Waals surface area contributed by atoms with E-state index in [0.717, 1.165) is 41.0 Å². The Hall–Kier alpha value is -2.69. The number of fused-ring (bicyclic) bond motifs is 2. The van der Waals surface area contributed by atoms with Crippen LogP contribution in [0.1, 0.15) is 66.1 Å². The first kappa shape index (κ1) is 18.7. The third-order valence-corrected chi connectivity index (χ3v) is 5.55. The van der Waals surface area contributed by atoms with Crippen LogP contribution in [0.25, 0.3) is 0 Å². The topological polar surface area (TPSA) is 66.3 Å². The molecule has 1 aromatic carbocycles. The summed E-state index contributed by atoms with van der Waals surface area (Å²) >= 11 is 0. The minimum atomic E-state index is -0.0955. The second-order valence-corrected chi connectivity index (χ2v) is 8.65. The van der Waals surface area contributed by atoms with Crippen molar-refractivity contribution in [1.29, 1.82) is 5.41 Å². The first-order valence-corrected chi connectivity index (χ1v) is 9.94. The van der Waals surface area contributed by atoms with Gasteiger partial charge < -0.3 is 9.64 Å². The molecule has 0 saturated carbocycles. The third-order valence-electron chi connectivity index (χ3n) is 5.55. The van der Waals surface area contributed by atoms with E-state index in [-0.39, 0.29) is 17.7 Å². The van der Waals surface area contributed by atoms with Crippen LogP contribution in [-0.4, -0.2) is 34.7 Å². The lowest BCUT2D eigenvalue weighted by atomic mass is 9.83. The Bertz CT molecular complexity index is 973. The maximum Gasteiger partial charge on any atom is 0.182 e. The molecule has 0 unspecified atom stereocenters. The number of aryl methyl sites for hydroxylation is 1. The number of nitrogens with zero attached hydrogens (tertiary/aromatic N) is 2. The number of amidine groups is 1. The Morgan fingerprint density at radius 3 is 2.75 bits per heavy atom. The van der Waals surface area contributed by atoms with E-state index >= 15 is 0 Å². The number of carbonyl (C=O) groups is 1. The molecule has 0 aliphatic carbocycles. The number of Topliss-reactive ketones (excluding diaryl/α,β-unsaturated/α-hetero) is 1. The van der Waals surface area contributed by atoms with Crippen LogP contribution in [0.15, 0.2) is 24.3 Å². The molecule has 2 aliphatic rings. The average molecular weight is 377 g/mol. The predicted molar refractivity (Wildman–Crippen MR) is 110 cm³/mol. The van der Waals surface area contributed by atoms with Gasteiger partial charge in [-0.05, 0) is 35.6 Å². The van der Waals surface area contributed by atoms with Gasteiger partial charge in [-0.1, -0.05) is 33.8 Å². The summed E-state index contributed by atoms with van der Waals surface area (Å²) in [5, 5.41) is 8.47. The zero-order valence-corrected chi connectivity index (χ0v) is 17.1. The van der Waals surface area contributed by atoms with Crippen LogP contribution in [0.5, 0.6) is 5.75 Å². The lowest BCUT2D eigenvalue weighted by Gasteiger charge is -2.23. The van der Waals surface area contributed by atoms with Gasteiger partial charge in [-0.3, -0.25) is 10.2 Å². The van der Waals surface area contributed by atoms with E-state index in [1.165, 1.54) is 0 Å². The number of carbonyl (C=O) groups excluding carboxylic acids is 1. The van der Waals surface area contributed by atoms with Crippen LogP contribution in [0, 0.1) is 5.41 Å². The Morgan fingerprint density at radius 1 is 1.25 bits per heavy atom. The monoisotopic (exact) mass is 377 g/mol. The van der Waals surface area contributed by atoms with Crippen LogP contribution in [0.3, 0.4) is 0 Å². The number of rotatable bonds is 4. The summed E-state index contributed by atoms with van der Waals surface area (Å²) in [4.78, 5) is 19.5. The highest BCUT2D eigenvalue weighted by Gasteiger charge is 2.30. The number of aromatic nitrogens is 1. The molecular weight excluding hydrogens is 350 g/mol. The number of benzene rings is 1. The number of pyridine rings is 1. The van der Waals surface area contributed by atoms with Gasteiger partial charge in [-0.15, -0.1) is 0 Å². The van der Waals surface area contributed by atoms with Crippen LogP contribution in [0.4, 0.5) is 0 Å². The van der Waals surface area contributed by atoms with Crippen molar-refractivity contribution in [1.82, 2.24) is 9.88 Å². The molecule has 0 amide bonds. The Labute approximate surface area is 166 Å². The Kier molecular flexibility index (Phi) is 4.48. The highest BCUT2D eigenvalue weighted by atomic mass is 16.5. The van der Waals surface area contributed by atoms with Gasteiger partial charge in [0.1, 0.15) is 17.3 Å². The number of nitrogens with one attached hydrogen (secondary N) is 1. The lowest BCUT2D eigenvalue weighted by Crippen LogP contribution is -2.30. The molecule has 4 rings (SSSR count). The maximum absolute atomic E-state index is 13.1. The van der Waals surface area contributed by atoms with E-state index < -0.39 is 0 Å². The SMILES string of the molecule is CCc1ccc2c(n1)C(=N)N(CC(=O)c1cc3c(c(C(C)(C)C)c1)OCC3)C2. The molecule has 0 bridgehead atoms. The molecule has 0 atom stereocenters. The quantitative estimate of drug-likeness (QED) is 0.821. The van der Waals surface area contributed by atoms with Crippen molar-refractivity contribution in [3.63, 3.8) is 0 Å². The van der Waals surface area contributed by atoms with Gasteiger partial charge in [0.2, 0.25) is 0 Å². The second kappa shape index (κ2) is 6.73. The van der Waals surface area contributed by atoms with Gasteiger partial charge in [0.05, 0.1) is 13.2 Å². The van der Waals surface area contributed by atoms with Gasteiger partial charge in [0.25, 0.3) is 0 Å². The number of hydrogen-bond donors (Lipinski definition) is 1. The Balaban J connectivity index is 1.59. The van der Waals surface area contributed by atoms with Crippen molar-refractivity contribution in [2.75, 3.05) is 13.2 Å². The second-order valence-electron chi connectivity index (χ2n) is 8.65. The molecule has 0 radical (unpaired) electrons. The third kappa shape index (κ3) is 3.19. The van der Waals surface area contributed by atoms with Crippen molar-refractivity contribution in [3.05, 3.63) is 57.9 Å². The van der Waals surface area contributed by atoms with Gasteiger partial charge >= 0.3 is 0 Å². The highest BCUT2D eigenvalue weighted by Crippen LogP contribution is 2.38. The molecule has 28 heavy (non-hydrogen) atoms. The van der Waals surface area contributed by atoms with E-state index in [0.29, 0.717) is 30.2 Å². The van der Waals surface area contributed by atoms with Crippen LogP contribution in [-0.2, 0) is 24.8 Å². The summed E-state index contributed by atoms with van der Waals surface area (Å²) in [5.41, 5.74) is 5.52. The molecule has 5 heteroatoms. The fourth-order valence-electron chi connectivity index (χ4n) is 3.92. The highest BCUT2D eigenvalue weighted by molar-refractivity contribution is 6.04. The van der Waals surface area contributed by atoms with Crippen LogP contribution >= 0.6 is 0 Å². The molecule has 0 fully saturated rings. The molecule has 0 saturated heterocycles. The van der Waals surface area contributed by atoms with E-state index in [2.05, 4.69) is 32.7 Å². The van der Waals surface area contributed by atoms with Crippen LogP contribution in [0.2, 0.25) is 0 Å². The minimum absolute atomic E-state index is 0.0356. The predicted octanol–water partition coefficient (Wildman–Crippen LogP) is 3.90. The van der Waals surface area contributed by atoms with E-state index in [1.807, 2.05) is 29.2 Å². The first-order chi connectivity index (χ1) is 13.3. The zero-order valence-electron chi connectivity index (χ0n) is 17.1. The van der Waals surface area contributed by atoms with E-state index in [4.69, 9.17) is 10.1 Å². The number of hydrogen-bond acceptors (Lipinski definition) is 4. The molecule has 1 N–H and O–H groups in total. The summed E-state index contributed by atoms with van der Waals surface area (Å²) in [6.45, 7) is 9.91. The van der Waals surface area contributed by atoms with E-state index in [1.54, 1.807) is 0 Å². The Morgan fingerprint density at radius 2 is 2.04 bits per heavy atom. The standard InChI is InChI=1S/C23H27N3O2/c1-5-17-7-6-15-12-26(22(24)20(15)25-17)13-19(27)16-10-14-8-9-28-21(14)18(11-16)23(2,3)4/h6-7,10-11,24H,5,8-9,12-13H2,1-4H3. The maximum atomic E-state index is 13.1. The number of ketones is 1. The van der Waals surface area contributed by atoms with E-state index in [9.17, 15) is 4.79 Å². The first-order valence-electron chi connectivity index (χ1n) is 9.94. The van der Waals surface area contributed by atoms with Crippen molar-refractivity contribution in [3.8, 4) is 5.75 Å². The number of ether oxygens (including phenoxy) is 1. The smallest absolute Gasteiger partial charge is 0.182 e. The molecule has 3 heterocycles. The molecule has 0 spiro atoms. The molecule has 2 aliphatic heterocycles. The zero-order chi connectivity index (χ0) is 20.1. The van der Waals surface area contributed by atoms with Gasteiger partial charge in [-0.2, -0.15) is 0 Å². The molecule has 146 valence electrons. The van der Waals surface area contributed by atoms with Crippen molar-refractivity contribution < 1.29 is 9.53 Å². The minimum Gasteiger partial charge on any atom is -0.493 e. The van der Waals surface area contributed by atoms with Crippen molar-refractivity contribution >= 4 is 11.6 Å². The largest absolute Gasteiger partial charge is 0.493 e. The van der Waals surface area contributed by atoms with Crippen molar-refractivity contribution in [2.45, 2.75) is 52.5 Å². The van der Waals surface area contributed by atoms with Gasteiger partial charge in [-0.25, -0.2) is 4.98 Å². The molecular formula is C23H27N3O2. The summed E-state index contributed by atoms with van der Waals surface area (Å²) < 4.78 is 5.84. The normalized spacial score (nSPS) is 15.4. The summed E-state index contributed by atoms with van der Waals surface area (Å²) in [5.74, 6) is 1.33. The molecule has 2 aromatic rings. The summed E-state index contributed by atoms with van der Waals surface area (Å²) in [6.07, 6.45) is 1.68. The van der Waals surface area contributed by atoms with Crippen LogP contribution < -0.4 is 4.74 Å². The molecule has 1 aromatic heterocycles.